The fourth-order valence-corrected chi connectivity index (χ4v) is 0. The van der Waals surface area contributed by atoms with Crippen molar-refractivity contribution in [3.63, 3.8) is 0 Å². The molecule has 0 rings (SSSR count). The second kappa shape index (κ2) is 15.7. The number of rotatable bonds is 1. The molecule has 0 atom stereocenters. The van der Waals surface area contributed by atoms with Gasteiger partial charge in [0.2, 0.25) is 0 Å². The van der Waals surface area contributed by atoms with Crippen LogP contribution in [0.25, 0.3) is 0 Å². The Bertz CT molecular complexity index is 65.1. The third-order valence-electron chi connectivity index (χ3n) is 0.175. The summed E-state index contributed by atoms with van der Waals surface area (Å²) in [6.45, 7) is 2.96. The van der Waals surface area contributed by atoms with Crippen molar-refractivity contribution in [2.24, 2.45) is 0 Å². The molecule has 0 heterocycles. The molecule has 0 aromatic rings. The predicted molar refractivity (Wildman–Crippen MR) is 29.6 cm³/mol. The standard InChI is InChI=1S/C3H4O2.CH3Cl.Cr/c1-2-3(4)5;1-2;/h2H,1H2,(H,4,5);1H3;. The van der Waals surface area contributed by atoms with E-state index in [1.165, 1.54) is 6.38 Å². The molecule has 48 valence electrons. The number of alkyl halides is 1. The molecule has 0 aliphatic heterocycles. The molecule has 8 heavy (non-hydrogen) atoms. The summed E-state index contributed by atoms with van der Waals surface area (Å²) in [5.41, 5.74) is 0. The maximum atomic E-state index is 9.25. The van der Waals surface area contributed by atoms with E-state index in [1.807, 2.05) is 0 Å². The Hall–Kier alpha value is 0.0325. The molecule has 0 spiro atoms. The largest absolute Gasteiger partial charge is 0.478 e. The molecule has 0 saturated carbocycles. The molecular weight excluding hydrogens is 167 g/mol. The maximum Gasteiger partial charge on any atom is 0.327 e. The summed E-state index contributed by atoms with van der Waals surface area (Å²) in [6, 6.07) is 0. The van der Waals surface area contributed by atoms with Crippen molar-refractivity contribution >= 4 is 17.6 Å². The van der Waals surface area contributed by atoms with Crippen molar-refractivity contribution in [3.8, 4) is 0 Å². The first-order chi connectivity index (χ1) is 3.27. The molecule has 4 heteroatoms. The molecule has 0 fully saturated rings. The van der Waals surface area contributed by atoms with E-state index >= 15 is 0 Å². The summed E-state index contributed by atoms with van der Waals surface area (Å²) < 4.78 is 0. The fourth-order valence-electron chi connectivity index (χ4n) is 0. The molecule has 0 amide bonds. The quantitative estimate of drug-likeness (QED) is 0.478. The first-order valence-electron chi connectivity index (χ1n) is 1.50. The zero-order valence-corrected chi connectivity index (χ0v) is 6.46. The van der Waals surface area contributed by atoms with Gasteiger partial charge < -0.3 is 5.11 Å². The van der Waals surface area contributed by atoms with Crippen LogP contribution in [0, 0.1) is 0 Å². The zero-order valence-electron chi connectivity index (χ0n) is 4.43. The van der Waals surface area contributed by atoms with Crippen LogP contribution < -0.4 is 0 Å². The van der Waals surface area contributed by atoms with Crippen molar-refractivity contribution in [1.82, 2.24) is 0 Å². The maximum absolute atomic E-state index is 9.25. The van der Waals surface area contributed by atoms with E-state index in [0.717, 1.165) is 6.08 Å². The first-order valence-corrected chi connectivity index (χ1v) is 2.26. The Kier molecular flexibility index (Phi) is 30.9. The van der Waals surface area contributed by atoms with E-state index in [0.29, 0.717) is 0 Å². The number of carboxylic acid groups (broad SMARTS) is 1. The minimum Gasteiger partial charge on any atom is -0.478 e. The van der Waals surface area contributed by atoms with E-state index < -0.39 is 5.97 Å². The van der Waals surface area contributed by atoms with Gasteiger partial charge >= 0.3 is 5.97 Å². The molecule has 2 nitrogen and oxygen atoms in total. The molecule has 0 bridgehead atoms. The molecule has 0 radical (unpaired) electrons. The van der Waals surface area contributed by atoms with Gasteiger partial charge in [-0.05, 0) is 0 Å². The van der Waals surface area contributed by atoms with Crippen molar-refractivity contribution < 1.29 is 27.3 Å². The van der Waals surface area contributed by atoms with Crippen LogP contribution in [-0.2, 0) is 22.2 Å². The zero-order chi connectivity index (χ0) is 6.28. The molecule has 0 aliphatic rings. The normalized spacial score (nSPS) is 4.75. The van der Waals surface area contributed by atoms with Crippen molar-refractivity contribution in [1.29, 1.82) is 0 Å². The van der Waals surface area contributed by atoms with E-state index in [4.69, 9.17) is 5.11 Å². The molecule has 0 unspecified atom stereocenters. The van der Waals surface area contributed by atoms with Gasteiger partial charge in [0.15, 0.2) is 0 Å². The Labute approximate surface area is 64.3 Å². The Morgan fingerprint density at radius 3 is 1.88 bits per heavy atom. The molecule has 0 aliphatic carbocycles. The average molecular weight is 175 g/mol. The molecule has 0 aromatic heterocycles. The third kappa shape index (κ3) is 37.0. The van der Waals surface area contributed by atoms with Gasteiger partial charge in [0.1, 0.15) is 0 Å². The summed E-state index contributed by atoms with van der Waals surface area (Å²) >= 11 is 4.64. The van der Waals surface area contributed by atoms with Gasteiger partial charge in [0, 0.05) is 29.8 Å². The van der Waals surface area contributed by atoms with E-state index in [9.17, 15) is 4.79 Å². The Morgan fingerprint density at radius 1 is 1.75 bits per heavy atom. The summed E-state index contributed by atoms with van der Waals surface area (Å²) in [5.74, 6) is -0.981. The smallest absolute Gasteiger partial charge is 0.327 e. The fraction of sp³-hybridized carbons (Fsp3) is 0.250. The Morgan fingerprint density at radius 2 is 1.88 bits per heavy atom. The van der Waals surface area contributed by atoms with Crippen LogP contribution in [0.1, 0.15) is 0 Å². The summed E-state index contributed by atoms with van der Waals surface area (Å²) in [5, 5.41) is 7.60. The molecular formula is C4H7ClCrO2. The van der Waals surface area contributed by atoms with Crippen molar-refractivity contribution in [2.75, 3.05) is 6.38 Å². The van der Waals surface area contributed by atoms with Crippen LogP contribution in [0.4, 0.5) is 0 Å². The van der Waals surface area contributed by atoms with Crippen LogP contribution in [-0.4, -0.2) is 17.5 Å². The van der Waals surface area contributed by atoms with Crippen LogP contribution in [0.5, 0.6) is 0 Å². The van der Waals surface area contributed by atoms with Gasteiger partial charge in [-0.1, -0.05) is 6.58 Å². The SMILES string of the molecule is C=CC(=O)O.CCl.[Cr]. The molecule has 1 N–H and O–H groups in total. The first kappa shape index (κ1) is 15.7. The Balaban J connectivity index is -0.0000000750. The number of carbonyl (C=O) groups is 1. The number of hydrogen-bond acceptors (Lipinski definition) is 1. The number of hydrogen-bond donors (Lipinski definition) is 1. The monoisotopic (exact) mass is 174 g/mol. The van der Waals surface area contributed by atoms with E-state index in [1.54, 1.807) is 0 Å². The third-order valence-corrected chi connectivity index (χ3v) is 0.175. The van der Waals surface area contributed by atoms with Gasteiger partial charge in [-0.25, -0.2) is 4.79 Å². The van der Waals surface area contributed by atoms with Crippen molar-refractivity contribution in [2.45, 2.75) is 0 Å². The topological polar surface area (TPSA) is 37.3 Å². The second-order valence-electron chi connectivity index (χ2n) is 0.542. The van der Waals surface area contributed by atoms with Crippen molar-refractivity contribution in [3.05, 3.63) is 12.7 Å². The van der Waals surface area contributed by atoms with Gasteiger partial charge in [-0.3, -0.25) is 0 Å². The van der Waals surface area contributed by atoms with E-state index in [2.05, 4.69) is 18.2 Å². The average Bonchev–Trinajstić information content (AvgIpc) is 1.73. The van der Waals surface area contributed by atoms with Gasteiger partial charge in [0.05, 0.1) is 0 Å². The number of aliphatic carboxylic acids is 1. The van der Waals surface area contributed by atoms with Crippen LogP contribution >= 0.6 is 11.6 Å². The minimum absolute atomic E-state index is 0. The molecule has 0 aromatic carbocycles. The number of halogens is 1. The van der Waals surface area contributed by atoms with Crippen LogP contribution in [0.15, 0.2) is 12.7 Å². The minimum atomic E-state index is -0.981. The van der Waals surface area contributed by atoms with Crippen LogP contribution in [0.3, 0.4) is 0 Å². The summed E-state index contributed by atoms with van der Waals surface area (Å²) in [7, 11) is 0. The molecule has 0 saturated heterocycles. The predicted octanol–water partition coefficient (Wildman–Crippen LogP) is 1.11. The van der Waals surface area contributed by atoms with Gasteiger partial charge in [-0.2, -0.15) is 0 Å². The van der Waals surface area contributed by atoms with E-state index in [-0.39, 0.29) is 17.4 Å². The summed E-state index contributed by atoms with van der Waals surface area (Å²) in [6.07, 6.45) is 2.31. The van der Waals surface area contributed by atoms with Crippen LogP contribution in [0.2, 0.25) is 0 Å². The summed E-state index contributed by atoms with van der Waals surface area (Å²) in [4.78, 5) is 9.25. The number of carboxylic acids is 1. The van der Waals surface area contributed by atoms with Gasteiger partial charge in [-0.15, -0.1) is 11.6 Å². The van der Waals surface area contributed by atoms with Gasteiger partial charge in [0.25, 0.3) is 0 Å². The second-order valence-corrected chi connectivity index (χ2v) is 0.542.